The Morgan fingerprint density at radius 3 is 1.09 bits per heavy atom. The van der Waals surface area contributed by atoms with Gasteiger partial charge in [0.1, 0.15) is 13.2 Å². The fourth-order valence-electron chi connectivity index (χ4n) is 10.4. The average molecular weight is 1130 g/mol. The van der Waals surface area contributed by atoms with Crippen LogP contribution < -0.4 is 5.32 Å². The van der Waals surface area contributed by atoms with E-state index in [0.717, 1.165) is 44.9 Å². The van der Waals surface area contributed by atoms with Crippen LogP contribution in [0.3, 0.4) is 0 Å². The van der Waals surface area contributed by atoms with Gasteiger partial charge in [-0.2, -0.15) is 0 Å². The molecule has 0 radical (unpaired) electrons. The topological polar surface area (TPSA) is 105 Å². The molecule has 3 unspecified atom stereocenters. The third-order valence-corrected chi connectivity index (χ3v) is 16.8. The minimum absolute atomic E-state index is 0.0575. The van der Waals surface area contributed by atoms with Gasteiger partial charge in [0.25, 0.3) is 0 Å². The second-order valence-electron chi connectivity index (χ2n) is 24.9. The van der Waals surface area contributed by atoms with E-state index in [1.54, 1.807) is 6.08 Å². The molecule has 9 heteroatoms. The second-order valence-corrected chi connectivity index (χ2v) is 26.4. The first kappa shape index (κ1) is 77.5. The summed E-state index contributed by atoms with van der Waals surface area (Å²) in [5.41, 5.74) is 0. The van der Waals surface area contributed by atoms with Gasteiger partial charge in [-0.1, -0.05) is 319 Å². The Morgan fingerprint density at radius 1 is 0.430 bits per heavy atom. The van der Waals surface area contributed by atoms with Crippen LogP contribution in [0.2, 0.25) is 0 Å². The van der Waals surface area contributed by atoms with E-state index in [9.17, 15) is 19.4 Å². The largest absolute Gasteiger partial charge is 0.472 e. The Bertz CT molecular complexity index is 1430. The molecular weight excluding hydrogens is 996 g/mol. The molecule has 466 valence electrons. The maximum Gasteiger partial charge on any atom is 0.472 e. The number of nitrogens with zero attached hydrogens (tertiary/aromatic N) is 1. The summed E-state index contributed by atoms with van der Waals surface area (Å²) in [6.45, 7) is 4.83. The van der Waals surface area contributed by atoms with E-state index in [2.05, 4.69) is 55.6 Å². The van der Waals surface area contributed by atoms with Crippen LogP contribution in [0.1, 0.15) is 341 Å². The number of phosphoric acid groups is 1. The predicted molar refractivity (Wildman–Crippen MR) is 346 cm³/mol. The first-order chi connectivity index (χ1) is 38.5. The number of aliphatic hydroxyl groups is 1. The van der Waals surface area contributed by atoms with Crippen LogP contribution in [0.4, 0.5) is 0 Å². The molecule has 1 amide bonds. The first-order valence-corrected chi connectivity index (χ1v) is 36.0. The van der Waals surface area contributed by atoms with Gasteiger partial charge in [-0.15, -0.1) is 0 Å². The van der Waals surface area contributed by atoms with Gasteiger partial charge in [-0.05, 0) is 64.2 Å². The number of phosphoric ester groups is 1. The second kappa shape index (κ2) is 61.0. The number of carbonyl (C=O) groups is 1. The SMILES string of the molecule is CCCCCCC/C=C\C/C=C\CCCCCCCCCCCCCCCCCCCCCCCCCC(=O)NC(COP(=O)(O)OCC[N+](C)(C)C)C(O)/C=C/CC/C=C/CCCCCCCCCCCCCCCCCC. The Kier molecular flexibility index (Phi) is 59.8. The molecule has 0 aliphatic rings. The standard InChI is InChI=1S/C70H135N2O6P/c1-6-8-10-12-14-16-18-20-22-24-26-28-30-31-32-33-34-35-36-37-38-39-40-41-42-44-46-48-50-52-54-56-58-60-62-64-70(74)71-68(67-78-79(75,76)77-66-65-72(3,4)5)69(73)63-61-59-57-55-53-51-49-47-45-43-29-27-25-23-21-19-17-15-13-11-9-7-2/h18,20,24,26,53,55,61,63,68-69,73H,6-17,19,21-23,25,27-52,54,56-60,62,64-67H2,1-5H3,(H-,71,74,75,76)/p+1/b20-18-,26-24-,55-53+,63-61+. The molecule has 0 saturated carbocycles. The Hall–Kier alpha value is -1.54. The molecule has 0 aliphatic carbocycles. The predicted octanol–water partition coefficient (Wildman–Crippen LogP) is 21.8. The minimum Gasteiger partial charge on any atom is -0.387 e. The van der Waals surface area contributed by atoms with E-state index in [1.165, 1.54) is 276 Å². The van der Waals surface area contributed by atoms with Crippen molar-refractivity contribution >= 4 is 13.7 Å². The van der Waals surface area contributed by atoms with Crippen molar-refractivity contribution in [3.8, 4) is 0 Å². The van der Waals surface area contributed by atoms with Gasteiger partial charge in [0.15, 0.2) is 0 Å². The maximum absolute atomic E-state index is 13.0. The molecule has 0 aliphatic heterocycles. The molecule has 3 N–H and O–H groups in total. The Labute approximate surface area is 492 Å². The number of aliphatic hydroxyl groups excluding tert-OH is 1. The Balaban J connectivity index is 4.03. The number of likely N-dealkylation sites (N-methyl/N-ethyl adjacent to an activating group) is 1. The number of amides is 1. The lowest BCUT2D eigenvalue weighted by Crippen LogP contribution is -2.45. The number of hydrogen-bond donors (Lipinski definition) is 3. The van der Waals surface area contributed by atoms with Crippen molar-refractivity contribution in [3.63, 3.8) is 0 Å². The van der Waals surface area contributed by atoms with E-state index < -0.39 is 20.0 Å². The van der Waals surface area contributed by atoms with E-state index in [-0.39, 0.29) is 19.1 Å². The summed E-state index contributed by atoms with van der Waals surface area (Å²) < 4.78 is 23.8. The van der Waals surface area contributed by atoms with Gasteiger partial charge in [0.05, 0.1) is 39.9 Å². The van der Waals surface area contributed by atoms with Crippen LogP contribution in [0.25, 0.3) is 0 Å². The highest BCUT2D eigenvalue weighted by Gasteiger charge is 2.28. The number of nitrogens with one attached hydrogen (secondary N) is 1. The van der Waals surface area contributed by atoms with Crippen molar-refractivity contribution in [2.45, 2.75) is 353 Å². The van der Waals surface area contributed by atoms with E-state index in [0.29, 0.717) is 17.4 Å². The summed E-state index contributed by atoms with van der Waals surface area (Å²) >= 11 is 0. The average Bonchev–Trinajstić information content (AvgIpc) is 3.42. The van der Waals surface area contributed by atoms with Crippen molar-refractivity contribution < 1.29 is 32.9 Å². The molecule has 0 spiro atoms. The minimum atomic E-state index is -4.36. The number of hydrogen-bond acceptors (Lipinski definition) is 5. The zero-order chi connectivity index (χ0) is 57.7. The van der Waals surface area contributed by atoms with Gasteiger partial charge in [0.2, 0.25) is 5.91 Å². The van der Waals surface area contributed by atoms with Crippen molar-refractivity contribution in [3.05, 3.63) is 48.6 Å². The lowest BCUT2D eigenvalue weighted by Gasteiger charge is -2.25. The monoisotopic (exact) mass is 1130 g/mol. The van der Waals surface area contributed by atoms with Gasteiger partial charge in [-0.3, -0.25) is 13.8 Å². The molecule has 0 bridgehead atoms. The van der Waals surface area contributed by atoms with Gasteiger partial charge >= 0.3 is 7.82 Å². The van der Waals surface area contributed by atoms with E-state index in [1.807, 2.05) is 27.2 Å². The summed E-state index contributed by atoms with van der Waals surface area (Å²) in [6, 6.07) is -0.863. The summed E-state index contributed by atoms with van der Waals surface area (Å²) in [5, 5.41) is 14.0. The highest BCUT2D eigenvalue weighted by atomic mass is 31.2. The molecule has 0 rings (SSSR count). The molecule has 0 aromatic rings. The number of quaternary nitrogens is 1. The number of allylic oxidation sites excluding steroid dienone is 7. The highest BCUT2D eigenvalue weighted by molar-refractivity contribution is 7.47. The molecule has 0 aromatic heterocycles. The summed E-state index contributed by atoms with van der Waals surface area (Å²) in [5.74, 6) is -0.180. The molecule has 0 aromatic carbocycles. The maximum atomic E-state index is 13.0. The lowest BCUT2D eigenvalue weighted by molar-refractivity contribution is -0.870. The summed E-state index contributed by atoms with van der Waals surface area (Å²) in [4.78, 5) is 23.4. The van der Waals surface area contributed by atoms with Crippen molar-refractivity contribution in [2.24, 2.45) is 0 Å². The normalized spacial score (nSPS) is 14.0. The zero-order valence-electron chi connectivity index (χ0n) is 53.4. The third kappa shape index (κ3) is 63.9. The van der Waals surface area contributed by atoms with Crippen LogP contribution in [-0.4, -0.2) is 73.4 Å². The molecule has 0 saturated heterocycles. The highest BCUT2D eigenvalue weighted by Crippen LogP contribution is 2.43. The number of unbranched alkanes of at least 4 members (excludes halogenated alkanes) is 45. The molecule has 8 nitrogen and oxygen atoms in total. The fraction of sp³-hybridized carbons (Fsp3) is 0.871. The van der Waals surface area contributed by atoms with Crippen LogP contribution in [0, 0.1) is 0 Å². The van der Waals surface area contributed by atoms with Crippen molar-refractivity contribution in [1.29, 1.82) is 0 Å². The van der Waals surface area contributed by atoms with Crippen molar-refractivity contribution in [2.75, 3.05) is 40.9 Å². The molecular formula is C70H136N2O6P+. The van der Waals surface area contributed by atoms with Crippen LogP contribution in [0.15, 0.2) is 48.6 Å². The van der Waals surface area contributed by atoms with Gasteiger partial charge in [0, 0.05) is 6.42 Å². The molecule has 79 heavy (non-hydrogen) atoms. The summed E-state index contributed by atoms with van der Waals surface area (Å²) in [6.07, 6.45) is 82.6. The number of rotatable bonds is 64. The molecule has 0 heterocycles. The summed E-state index contributed by atoms with van der Waals surface area (Å²) in [7, 11) is 1.57. The van der Waals surface area contributed by atoms with E-state index in [4.69, 9.17) is 9.05 Å². The van der Waals surface area contributed by atoms with E-state index >= 15 is 0 Å². The Morgan fingerprint density at radius 2 is 0.734 bits per heavy atom. The lowest BCUT2D eigenvalue weighted by atomic mass is 10.0. The van der Waals surface area contributed by atoms with Crippen LogP contribution in [0.5, 0.6) is 0 Å². The zero-order valence-corrected chi connectivity index (χ0v) is 54.3. The molecule has 0 fully saturated rings. The fourth-order valence-corrected chi connectivity index (χ4v) is 11.1. The van der Waals surface area contributed by atoms with Crippen molar-refractivity contribution in [1.82, 2.24) is 5.32 Å². The molecule has 3 atom stereocenters. The first-order valence-electron chi connectivity index (χ1n) is 34.5. The smallest absolute Gasteiger partial charge is 0.387 e. The van der Waals surface area contributed by atoms with Crippen LogP contribution >= 0.6 is 7.82 Å². The van der Waals surface area contributed by atoms with Gasteiger partial charge in [-0.25, -0.2) is 4.57 Å². The third-order valence-electron chi connectivity index (χ3n) is 15.8. The number of carbonyl (C=O) groups excluding carboxylic acids is 1. The quantitative estimate of drug-likeness (QED) is 0.0243. The van der Waals surface area contributed by atoms with Gasteiger partial charge < -0.3 is 19.8 Å². The van der Waals surface area contributed by atoms with Crippen LogP contribution in [-0.2, 0) is 18.4 Å².